The van der Waals surface area contributed by atoms with Crippen molar-refractivity contribution in [1.29, 1.82) is 0 Å². The van der Waals surface area contributed by atoms with Crippen LogP contribution in [0.4, 0.5) is 10.5 Å². The molecule has 0 aliphatic carbocycles. The van der Waals surface area contributed by atoms with E-state index < -0.39 is 12.0 Å². The maximum absolute atomic E-state index is 12.9. The summed E-state index contributed by atoms with van der Waals surface area (Å²) in [6.45, 7) is 5.37. The van der Waals surface area contributed by atoms with Crippen molar-refractivity contribution < 1.29 is 19.1 Å². The summed E-state index contributed by atoms with van der Waals surface area (Å²) >= 11 is 1.48. The van der Waals surface area contributed by atoms with Crippen molar-refractivity contribution in [2.24, 2.45) is 0 Å². The minimum absolute atomic E-state index is 0.256. The molecule has 0 bridgehead atoms. The van der Waals surface area contributed by atoms with Gasteiger partial charge in [0, 0.05) is 10.6 Å². The summed E-state index contributed by atoms with van der Waals surface area (Å²) in [5.41, 5.74) is 1.62. The zero-order valence-electron chi connectivity index (χ0n) is 15.7. The molecular formula is C20H22N2O4S. The molecular weight excluding hydrogens is 364 g/mol. The van der Waals surface area contributed by atoms with Crippen LogP contribution in [0, 0.1) is 0 Å². The number of esters is 1. The Balaban J connectivity index is 2.07. The number of benzene rings is 1. The molecule has 1 atom stereocenters. The van der Waals surface area contributed by atoms with E-state index in [9.17, 15) is 9.59 Å². The number of rotatable bonds is 5. The highest BCUT2D eigenvalue weighted by molar-refractivity contribution is 7.10. The van der Waals surface area contributed by atoms with E-state index in [4.69, 9.17) is 9.47 Å². The maximum Gasteiger partial charge on any atom is 0.338 e. The molecule has 142 valence electrons. The third kappa shape index (κ3) is 3.83. The topological polar surface area (TPSA) is 67.9 Å². The maximum atomic E-state index is 12.9. The van der Waals surface area contributed by atoms with E-state index in [1.165, 1.54) is 16.2 Å². The number of urea groups is 1. The fourth-order valence-corrected chi connectivity index (χ4v) is 3.78. The fraction of sp³-hybridized carbons (Fsp3) is 0.300. The van der Waals surface area contributed by atoms with Crippen LogP contribution < -0.4 is 15.0 Å². The molecule has 3 rings (SSSR count). The number of nitrogens with one attached hydrogen (secondary N) is 1. The first-order valence-electron chi connectivity index (χ1n) is 8.62. The second-order valence-electron chi connectivity index (χ2n) is 6.38. The Morgan fingerprint density at radius 1 is 1.22 bits per heavy atom. The molecule has 0 fully saturated rings. The molecule has 2 heterocycles. The van der Waals surface area contributed by atoms with Crippen LogP contribution in [0.2, 0.25) is 0 Å². The Kier molecular flexibility index (Phi) is 5.51. The molecule has 0 saturated heterocycles. The van der Waals surface area contributed by atoms with Gasteiger partial charge in [0.05, 0.1) is 30.5 Å². The number of carbonyl (C=O) groups excluding carboxylic acids is 2. The Bertz CT molecular complexity index is 857. The Morgan fingerprint density at radius 2 is 1.93 bits per heavy atom. The first-order chi connectivity index (χ1) is 12.9. The van der Waals surface area contributed by atoms with Gasteiger partial charge in [-0.15, -0.1) is 11.3 Å². The number of hydrogen-bond acceptors (Lipinski definition) is 5. The second-order valence-corrected chi connectivity index (χ2v) is 7.36. The third-order valence-electron chi connectivity index (χ3n) is 4.21. The van der Waals surface area contributed by atoms with E-state index >= 15 is 0 Å². The monoisotopic (exact) mass is 386 g/mol. The largest absolute Gasteiger partial charge is 0.497 e. The van der Waals surface area contributed by atoms with Crippen molar-refractivity contribution in [3.63, 3.8) is 0 Å². The number of methoxy groups -OCH3 is 1. The van der Waals surface area contributed by atoms with E-state index in [0.29, 0.717) is 22.7 Å². The van der Waals surface area contributed by atoms with Gasteiger partial charge in [0.1, 0.15) is 5.75 Å². The van der Waals surface area contributed by atoms with Crippen LogP contribution in [0.5, 0.6) is 5.75 Å². The molecule has 6 nitrogen and oxygen atoms in total. The molecule has 0 unspecified atom stereocenters. The summed E-state index contributed by atoms with van der Waals surface area (Å²) in [5.74, 6) is 0.258. The van der Waals surface area contributed by atoms with Crippen molar-refractivity contribution >= 4 is 29.0 Å². The Hall–Kier alpha value is -2.80. The van der Waals surface area contributed by atoms with Gasteiger partial charge in [-0.1, -0.05) is 6.07 Å². The zero-order valence-corrected chi connectivity index (χ0v) is 16.5. The molecule has 2 amide bonds. The van der Waals surface area contributed by atoms with Crippen molar-refractivity contribution in [2.45, 2.75) is 32.9 Å². The van der Waals surface area contributed by atoms with Gasteiger partial charge < -0.3 is 14.8 Å². The molecule has 2 aromatic rings. The SMILES string of the molecule is COc1ccc(N2C(=O)N[C@H](c3cccs3)C(C(=O)OC(C)C)=C2C)cc1. The van der Waals surface area contributed by atoms with Gasteiger partial charge in [-0.05, 0) is 56.5 Å². The van der Waals surface area contributed by atoms with Gasteiger partial charge in [-0.25, -0.2) is 9.59 Å². The molecule has 1 aliphatic heterocycles. The minimum Gasteiger partial charge on any atom is -0.497 e. The number of amides is 2. The average Bonchev–Trinajstić information content (AvgIpc) is 3.15. The quantitative estimate of drug-likeness (QED) is 0.780. The number of allylic oxidation sites excluding steroid dienone is 1. The van der Waals surface area contributed by atoms with Gasteiger partial charge in [-0.2, -0.15) is 0 Å². The lowest BCUT2D eigenvalue weighted by molar-refractivity contribution is -0.143. The second kappa shape index (κ2) is 7.84. The van der Waals surface area contributed by atoms with Gasteiger partial charge in [0.25, 0.3) is 0 Å². The number of nitrogens with zero attached hydrogens (tertiary/aromatic N) is 1. The Morgan fingerprint density at radius 3 is 2.48 bits per heavy atom. The smallest absolute Gasteiger partial charge is 0.338 e. The van der Waals surface area contributed by atoms with Crippen molar-refractivity contribution in [2.75, 3.05) is 12.0 Å². The first-order valence-corrected chi connectivity index (χ1v) is 9.50. The van der Waals surface area contributed by atoms with Gasteiger partial charge in [0.15, 0.2) is 0 Å². The average molecular weight is 386 g/mol. The van der Waals surface area contributed by atoms with E-state index in [0.717, 1.165) is 4.88 Å². The summed E-state index contributed by atoms with van der Waals surface area (Å²) in [6.07, 6.45) is -0.256. The van der Waals surface area contributed by atoms with Crippen LogP contribution >= 0.6 is 11.3 Å². The molecule has 27 heavy (non-hydrogen) atoms. The molecule has 0 spiro atoms. The molecule has 7 heteroatoms. The molecule has 0 saturated carbocycles. The van der Waals surface area contributed by atoms with Gasteiger partial charge >= 0.3 is 12.0 Å². The van der Waals surface area contributed by atoms with Gasteiger partial charge in [-0.3, -0.25) is 4.90 Å². The van der Waals surface area contributed by atoms with Crippen LogP contribution in [0.3, 0.4) is 0 Å². The summed E-state index contributed by atoms with van der Waals surface area (Å²) in [6, 6.07) is 10.1. The van der Waals surface area contributed by atoms with Crippen LogP contribution in [-0.2, 0) is 9.53 Å². The van der Waals surface area contributed by atoms with Crippen molar-refractivity contribution in [3.8, 4) is 5.75 Å². The highest BCUT2D eigenvalue weighted by Gasteiger charge is 2.37. The fourth-order valence-electron chi connectivity index (χ4n) is 3.00. The van der Waals surface area contributed by atoms with Crippen LogP contribution in [0.25, 0.3) is 0 Å². The zero-order chi connectivity index (χ0) is 19.6. The molecule has 1 aromatic heterocycles. The lowest BCUT2D eigenvalue weighted by atomic mass is 10.00. The predicted molar refractivity (Wildman–Crippen MR) is 105 cm³/mol. The van der Waals surface area contributed by atoms with E-state index in [2.05, 4.69) is 5.32 Å². The number of hydrogen-bond donors (Lipinski definition) is 1. The number of anilines is 1. The molecule has 1 aromatic carbocycles. The van der Waals surface area contributed by atoms with Crippen molar-refractivity contribution in [1.82, 2.24) is 5.32 Å². The van der Waals surface area contributed by atoms with Gasteiger partial charge in [0.2, 0.25) is 0 Å². The first kappa shape index (κ1) is 19.0. The van der Waals surface area contributed by atoms with E-state index in [-0.39, 0.29) is 12.1 Å². The lowest BCUT2D eigenvalue weighted by Crippen LogP contribution is -2.48. The molecule has 1 aliphatic rings. The lowest BCUT2D eigenvalue weighted by Gasteiger charge is -2.35. The van der Waals surface area contributed by atoms with Crippen LogP contribution in [0.15, 0.2) is 53.0 Å². The molecule has 1 N–H and O–H groups in total. The normalized spacial score (nSPS) is 17.1. The number of ether oxygens (including phenoxy) is 2. The summed E-state index contributed by atoms with van der Waals surface area (Å²) in [4.78, 5) is 28.1. The third-order valence-corrected chi connectivity index (χ3v) is 5.14. The van der Waals surface area contributed by atoms with E-state index in [1.807, 2.05) is 17.5 Å². The molecule has 0 radical (unpaired) electrons. The number of carbonyl (C=O) groups is 2. The van der Waals surface area contributed by atoms with Crippen LogP contribution in [0.1, 0.15) is 31.7 Å². The highest BCUT2D eigenvalue weighted by Crippen LogP contribution is 2.36. The van der Waals surface area contributed by atoms with Crippen LogP contribution in [-0.4, -0.2) is 25.2 Å². The number of thiophene rings is 1. The van der Waals surface area contributed by atoms with Crippen molar-refractivity contribution in [3.05, 3.63) is 57.9 Å². The standard InChI is InChI=1S/C20H22N2O4S/c1-12(2)26-19(23)17-13(3)22(14-7-9-15(25-4)10-8-14)20(24)21-18(17)16-6-5-11-27-16/h5-12,18H,1-4H3,(H,21,24)/t18-/m1/s1. The summed E-state index contributed by atoms with van der Waals surface area (Å²) in [5, 5.41) is 4.85. The highest BCUT2D eigenvalue weighted by atomic mass is 32.1. The Labute approximate surface area is 162 Å². The summed E-state index contributed by atoms with van der Waals surface area (Å²) in [7, 11) is 1.58. The summed E-state index contributed by atoms with van der Waals surface area (Å²) < 4.78 is 10.6. The minimum atomic E-state index is -0.529. The van der Waals surface area contributed by atoms with E-state index in [1.54, 1.807) is 52.1 Å². The predicted octanol–water partition coefficient (Wildman–Crippen LogP) is 4.25.